The van der Waals surface area contributed by atoms with Gasteiger partial charge in [0.2, 0.25) is 0 Å². The number of nitrogens with zero attached hydrogens (tertiary/aromatic N) is 2. The molecule has 0 amide bonds. The van der Waals surface area contributed by atoms with Gasteiger partial charge >= 0.3 is 0 Å². The predicted octanol–water partition coefficient (Wildman–Crippen LogP) is 3.43. The first-order valence-electron chi connectivity index (χ1n) is 6.46. The zero-order valence-electron chi connectivity index (χ0n) is 11.9. The van der Waals surface area contributed by atoms with Gasteiger partial charge in [-0.25, -0.2) is 4.98 Å². The van der Waals surface area contributed by atoms with Crippen LogP contribution in [0.1, 0.15) is 39.1 Å². The second-order valence-corrected chi connectivity index (χ2v) is 5.48. The van der Waals surface area contributed by atoms with E-state index in [4.69, 9.17) is 0 Å². The van der Waals surface area contributed by atoms with Crippen molar-refractivity contribution in [2.75, 3.05) is 11.9 Å². The molecule has 0 bridgehead atoms. The van der Waals surface area contributed by atoms with Gasteiger partial charge in [-0.1, -0.05) is 27.7 Å². The maximum atomic E-state index is 4.49. The fourth-order valence-corrected chi connectivity index (χ4v) is 2.16. The third-order valence-electron chi connectivity index (χ3n) is 3.29. The molecule has 96 valence electrons. The van der Waals surface area contributed by atoms with Crippen molar-refractivity contribution in [3.63, 3.8) is 0 Å². The second-order valence-electron chi connectivity index (χ2n) is 5.48. The topological polar surface area (TPSA) is 37.8 Å². The summed E-state index contributed by atoms with van der Waals surface area (Å²) >= 11 is 0. The minimum atomic E-state index is 0.664. The van der Waals surface area contributed by atoms with Crippen LogP contribution in [0.2, 0.25) is 0 Å². The Kier molecular flexibility index (Phi) is 4.91. The molecule has 0 fully saturated rings. The van der Waals surface area contributed by atoms with Crippen LogP contribution < -0.4 is 5.32 Å². The van der Waals surface area contributed by atoms with Crippen molar-refractivity contribution in [3.8, 4) is 0 Å². The summed E-state index contributed by atoms with van der Waals surface area (Å²) in [6.45, 7) is 14.0. The molecule has 1 heterocycles. The van der Waals surface area contributed by atoms with Gasteiger partial charge < -0.3 is 5.32 Å². The molecule has 3 heteroatoms. The van der Waals surface area contributed by atoms with Crippen LogP contribution in [0.5, 0.6) is 0 Å². The van der Waals surface area contributed by atoms with E-state index in [2.05, 4.69) is 43.0 Å². The molecule has 0 saturated carbocycles. The van der Waals surface area contributed by atoms with E-state index in [1.54, 1.807) is 0 Å². The standard InChI is InChI=1S/C14H25N3/c1-9(2)13(10(3)4)8-16-14-12(6)15-7-11(5)17-14/h7,9-10,13H,8H2,1-6H3,(H,16,17). The molecule has 0 atom stereocenters. The molecule has 0 unspecified atom stereocenters. The number of aryl methyl sites for hydroxylation is 2. The van der Waals surface area contributed by atoms with Crippen LogP contribution in [0.25, 0.3) is 0 Å². The molecule has 0 radical (unpaired) electrons. The smallest absolute Gasteiger partial charge is 0.147 e. The highest BCUT2D eigenvalue weighted by Gasteiger charge is 2.17. The number of rotatable bonds is 5. The second kappa shape index (κ2) is 5.99. The Balaban J connectivity index is 2.68. The Morgan fingerprint density at radius 3 is 2.24 bits per heavy atom. The van der Waals surface area contributed by atoms with Gasteiger partial charge in [-0.05, 0) is 31.6 Å². The predicted molar refractivity (Wildman–Crippen MR) is 73.2 cm³/mol. The molecule has 0 aromatic carbocycles. The Morgan fingerprint density at radius 1 is 1.12 bits per heavy atom. The Bertz CT molecular complexity index is 350. The molecule has 0 aliphatic heterocycles. The minimum Gasteiger partial charge on any atom is -0.368 e. The van der Waals surface area contributed by atoms with Crippen molar-refractivity contribution in [1.29, 1.82) is 0 Å². The van der Waals surface area contributed by atoms with Crippen molar-refractivity contribution in [3.05, 3.63) is 17.6 Å². The number of hydrogen-bond acceptors (Lipinski definition) is 3. The van der Waals surface area contributed by atoms with Gasteiger partial charge in [-0.3, -0.25) is 4.98 Å². The first kappa shape index (κ1) is 13.9. The highest BCUT2D eigenvalue weighted by Crippen LogP contribution is 2.21. The lowest BCUT2D eigenvalue weighted by Crippen LogP contribution is -2.25. The van der Waals surface area contributed by atoms with Crippen LogP contribution in [0.3, 0.4) is 0 Å². The monoisotopic (exact) mass is 235 g/mol. The third-order valence-corrected chi connectivity index (χ3v) is 3.29. The summed E-state index contributed by atoms with van der Waals surface area (Å²) in [5.41, 5.74) is 1.94. The summed E-state index contributed by atoms with van der Waals surface area (Å²) in [7, 11) is 0. The van der Waals surface area contributed by atoms with Crippen molar-refractivity contribution in [2.45, 2.75) is 41.5 Å². The first-order chi connectivity index (χ1) is 7.91. The van der Waals surface area contributed by atoms with Gasteiger partial charge in [0.25, 0.3) is 0 Å². The lowest BCUT2D eigenvalue weighted by molar-refractivity contribution is 0.304. The third kappa shape index (κ3) is 3.99. The Labute approximate surface area is 105 Å². The average Bonchev–Trinajstić information content (AvgIpc) is 2.22. The summed E-state index contributed by atoms with van der Waals surface area (Å²) < 4.78 is 0. The molecule has 1 N–H and O–H groups in total. The summed E-state index contributed by atoms with van der Waals surface area (Å²) in [5, 5.41) is 3.44. The molecular formula is C14H25N3. The zero-order valence-corrected chi connectivity index (χ0v) is 11.9. The van der Waals surface area contributed by atoms with E-state index in [0.717, 1.165) is 23.8 Å². The maximum absolute atomic E-state index is 4.49. The highest BCUT2D eigenvalue weighted by molar-refractivity contribution is 5.39. The van der Waals surface area contributed by atoms with E-state index in [9.17, 15) is 0 Å². The van der Waals surface area contributed by atoms with Gasteiger partial charge in [0.1, 0.15) is 5.82 Å². The lowest BCUT2D eigenvalue weighted by atomic mass is 9.85. The zero-order chi connectivity index (χ0) is 13.0. The van der Waals surface area contributed by atoms with E-state index >= 15 is 0 Å². The van der Waals surface area contributed by atoms with Crippen LogP contribution in [-0.4, -0.2) is 16.5 Å². The molecular weight excluding hydrogens is 210 g/mol. The molecule has 1 aromatic rings. The van der Waals surface area contributed by atoms with E-state index in [1.807, 2.05) is 20.0 Å². The van der Waals surface area contributed by atoms with E-state index in [-0.39, 0.29) is 0 Å². The quantitative estimate of drug-likeness (QED) is 0.849. The van der Waals surface area contributed by atoms with E-state index in [1.165, 1.54) is 0 Å². The largest absolute Gasteiger partial charge is 0.368 e. The molecule has 1 aromatic heterocycles. The maximum Gasteiger partial charge on any atom is 0.147 e. The first-order valence-corrected chi connectivity index (χ1v) is 6.46. The van der Waals surface area contributed by atoms with Crippen molar-refractivity contribution in [2.24, 2.45) is 17.8 Å². The molecule has 0 aliphatic rings. The normalized spacial score (nSPS) is 11.6. The molecule has 0 aliphatic carbocycles. The highest BCUT2D eigenvalue weighted by atomic mass is 15.0. The fraction of sp³-hybridized carbons (Fsp3) is 0.714. The Morgan fingerprint density at radius 2 is 1.71 bits per heavy atom. The van der Waals surface area contributed by atoms with Crippen LogP contribution in [-0.2, 0) is 0 Å². The van der Waals surface area contributed by atoms with Gasteiger partial charge in [-0.2, -0.15) is 0 Å². The average molecular weight is 235 g/mol. The van der Waals surface area contributed by atoms with Crippen molar-refractivity contribution in [1.82, 2.24) is 9.97 Å². The number of aromatic nitrogens is 2. The molecule has 3 nitrogen and oxygen atoms in total. The van der Waals surface area contributed by atoms with Gasteiger partial charge in [0.05, 0.1) is 11.4 Å². The van der Waals surface area contributed by atoms with E-state index in [0.29, 0.717) is 17.8 Å². The van der Waals surface area contributed by atoms with Gasteiger partial charge in [0, 0.05) is 12.7 Å². The summed E-state index contributed by atoms with van der Waals surface area (Å²) in [5.74, 6) is 2.95. The summed E-state index contributed by atoms with van der Waals surface area (Å²) in [4.78, 5) is 8.81. The van der Waals surface area contributed by atoms with Crippen LogP contribution >= 0.6 is 0 Å². The van der Waals surface area contributed by atoms with Crippen LogP contribution in [0.4, 0.5) is 5.82 Å². The molecule has 17 heavy (non-hydrogen) atoms. The van der Waals surface area contributed by atoms with Crippen molar-refractivity contribution < 1.29 is 0 Å². The fourth-order valence-electron chi connectivity index (χ4n) is 2.16. The van der Waals surface area contributed by atoms with Gasteiger partial charge in [0.15, 0.2) is 0 Å². The summed E-state index contributed by atoms with van der Waals surface area (Å²) in [6, 6.07) is 0. The Hall–Kier alpha value is -1.12. The minimum absolute atomic E-state index is 0.664. The SMILES string of the molecule is Cc1cnc(C)c(NCC(C(C)C)C(C)C)n1. The van der Waals surface area contributed by atoms with Crippen LogP contribution in [0, 0.1) is 31.6 Å². The van der Waals surface area contributed by atoms with Gasteiger partial charge in [-0.15, -0.1) is 0 Å². The number of hydrogen-bond donors (Lipinski definition) is 1. The molecule has 0 saturated heterocycles. The summed E-state index contributed by atoms with van der Waals surface area (Å²) in [6.07, 6.45) is 1.81. The van der Waals surface area contributed by atoms with Crippen LogP contribution in [0.15, 0.2) is 6.20 Å². The number of anilines is 1. The van der Waals surface area contributed by atoms with E-state index < -0.39 is 0 Å². The van der Waals surface area contributed by atoms with Crippen molar-refractivity contribution >= 4 is 5.82 Å². The lowest BCUT2D eigenvalue weighted by Gasteiger charge is -2.25. The number of nitrogens with one attached hydrogen (secondary N) is 1. The molecule has 1 rings (SSSR count). The molecule has 0 spiro atoms.